The van der Waals surface area contributed by atoms with Crippen molar-refractivity contribution < 1.29 is 0 Å². The fourth-order valence-electron chi connectivity index (χ4n) is 2.95. The van der Waals surface area contributed by atoms with Crippen LogP contribution in [-0.4, -0.2) is 41.6 Å². The Morgan fingerprint density at radius 3 is 2.61 bits per heavy atom. The predicted molar refractivity (Wildman–Crippen MR) is 75.7 cm³/mol. The number of nitrogens with one attached hydrogen (secondary N) is 1. The summed E-state index contributed by atoms with van der Waals surface area (Å²) >= 11 is 0. The van der Waals surface area contributed by atoms with Gasteiger partial charge in [-0.1, -0.05) is 6.07 Å². The third-order valence-corrected chi connectivity index (χ3v) is 4.26. The normalized spacial score (nSPS) is 19.1. The van der Waals surface area contributed by atoms with Gasteiger partial charge >= 0.3 is 0 Å². The van der Waals surface area contributed by atoms with E-state index in [1.54, 1.807) is 0 Å². The maximum absolute atomic E-state index is 4.45. The van der Waals surface area contributed by atoms with Crippen LogP contribution in [0.1, 0.15) is 32.4 Å². The first-order chi connectivity index (χ1) is 8.64. The molecule has 0 amide bonds. The molecule has 18 heavy (non-hydrogen) atoms. The molecule has 1 aliphatic rings. The van der Waals surface area contributed by atoms with Crippen LogP contribution in [0.25, 0.3) is 0 Å². The lowest BCUT2D eigenvalue weighted by Crippen LogP contribution is -2.57. The van der Waals surface area contributed by atoms with Gasteiger partial charge in [-0.3, -0.25) is 9.88 Å². The lowest BCUT2D eigenvalue weighted by molar-refractivity contribution is 0.110. The lowest BCUT2D eigenvalue weighted by atomic mass is 9.89. The van der Waals surface area contributed by atoms with Gasteiger partial charge in [0.2, 0.25) is 0 Å². The highest BCUT2D eigenvalue weighted by Crippen LogP contribution is 2.25. The second-order valence-corrected chi connectivity index (χ2v) is 5.71. The van der Waals surface area contributed by atoms with E-state index in [0.717, 1.165) is 6.42 Å². The number of pyridine rings is 1. The van der Waals surface area contributed by atoms with Crippen LogP contribution in [0.3, 0.4) is 0 Å². The summed E-state index contributed by atoms with van der Waals surface area (Å²) in [5.74, 6) is 0. The Hall–Kier alpha value is -0.930. The fourth-order valence-corrected chi connectivity index (χ4v) is 2.95. The highest BCUT2D eigenvalue weighted by molar-refractivity contribution is 5.08. The highest BCUT2D eigenvalue weighted by Gasteiger charge is 2.35. The van der Waals surface area contributed by atoms with E-state index in [0.29, 0.717) is 6.04 Å². The second-order valence-electron chi connectivity index (χ2n) is 5.71. The fraction of sp³-hybridized carbons (Fsp3) is 0.667. The van der Waals surface area contributed by atoms with Gasteiger partial charge in [0.25, 0.3) is 0 Å². The molecule has 1 saturated heterocycles. The topological polar surface area (TPSA) is 28.2 Å². The van der Waals surface area contributed by atoms with Crippen molar-refractivity contribution in [2.75, 3.05) is 20.1 Å². The molecule has 1 aliphatic heterocycles. The van der Waals surface area contributed by atoms with Crippen molar-refractivity contribution >= 4 is 0 Å². The minimum absolute atomic E-state index is 0.183. The molecule has 0 spiro atoms. The summed E-state index contributed by atoms with van der Waals surface area (Å²) < 4.78 is 0. The molecule has 1 unspecified atom stereocenters. The Morgan fingerprint density at radius 2 is 2.06 bits per heavy atom. The largest absolute Gasteiger partial charge is 0.315 e. The van der Waals surface area contributed by atoms with Gasteiger partial charge in [0.1, 0.15) is 0 Å². The van der Waals surface area contributed by atoms with Gasteiger partial charge in [0.15, 0.2) is 0 Å². The van der Waals surface area contributed by atoms with Crippen LogP contribution in [0.5, 0.6) is 0 Å². The molecule has 1 fully saturated rings. The summed E-state index contributed by atoms with van der Waals surface area (Å²) in [5.41, 5.74) is 1.35. The van der Waals surface area contributed by atoms with E-state index < -0.39 is 0 Å². The maximum Gasteiger partial charge on any atom is 0.0419 e. The summed E-state index contributed by atoms with van der Waals surface area (Å²) in [7, 11) is 2.06. The zero-order valence-corrected chi connectivity index (χ0v) is 11.8. The third kappa shape index (κ3) is 2.90. The molecule has 0 aromatic carbocycles. The molecule has 1 aromatic rings. The second kappa shape index (κ2) is 5.81. The molecule has 2 heterocycles. The molecule has 0 radical (unpaired) electrons. The number of likely N-dealkylation sites (N-methyl/N-ethyl adjacent to an activating group) is 1. The molecule has 0 saturated carbocycles. The Balaban J connectivity index is 2.07. The zero-order valence-electron chi connectivity index (χ0n) is 11.8. The van der Waals surface area contributed by atoms with Crippen LogP contribution >= 0.6 is 0 Å². The molecule has 1 N–H and O–H groups in total. The average molecular weight is 247 g/mol. The van der Waals surface area contributed by atoms with Crippen molar-refractivity contribution in [2.45, 2.75) is 44.7 Å². The minimum atomic E-state index is 0.183. The minimum Gasteiger partial charge on any atom is -0.315 e. The number of rotatable bonds is 5. The van der Waals surface area contributed by atoms with Crippen molar-refractivity contribution in [3.8, 4) is 0 Å². The van der Waals surface area contributed by atoms with Gasteiger partial charge in [-0.15, -0.1) is 0 Å². The van der Waals surface area contributed by atoms with Gasteiger partial charge in [-0.2, -0.15) is 0 Å². The molecule has 1 atom stereocenters. The van der Waals surface area contributed by atoms with Crippen LogP contribution in [0.4, 0.5) is 0 Å². The van der Waals surface area contributed by atoms with Gasteiger partial charge in [0, 0.05) is 29.9 Å². The Bertz CT molecular complexity index is 355. The standard InChI is InChI=1S/C15H25N3/c1-15(2,18-10-6-7-11-18)14(16-3)12-13-8-4-5-9-17-13/h4-5,8-9,14,16H,6-7,10-12H2,1-3H3. The highest BCUT2D eigenvalue weighted by atomic mass is 15.2. The average Bonchev–Trinajstić information content (AvgIpc) is 2.91. The summed E-state index contributed by atoms with van der Waals surface area (Å²) in [6.45, 7) is 7.16. The summed E-state index contributed by atoms with van der Waals surface area (Å²) in [5, 5.41) is 3.49. The van der Waals surface area contributed by atoms with Crippen molar-refractivity contribution in [1.29, 1.82) is 0 Å². The number of hydrogen-bond donors (Lipinski definition) is 1. The Morgan fingerprint density at radius 1 is 1.33 bits per heavy atom. The van der Waals surface area contributed by atoms with Crippen LogP contribution < -0.4 is 5.32 Å². The monoisotopic (exact) mass is 247 g/mol. The molecular weight excluding hydrogens is 222 g/mol. The molecule has 2 rings (SSSR count). The number of nitrogens with zero attached hydrogens (tertiary/aromatic N) is 2. The van der Waals surface area contributed by atoms with E-state index >= 15 is 0 Å². The van der Waals surface area contributed by atoms with Crippen molar-refractivity contribution in [3.05, 3.63) is 30.1 Å². The van der Waals surface area contributed by atoms with Gasteiger partial charge in [0.05, 0.1) is 0 Å². The predicted octanol–water partition coefficient (Wildman–Crippen LogP) is 2.09. The first kappa shape index (κ1) is 13.5. The molecule has 0 aliphatic carbocycles. The maximum atomic E-state index is 4.45. The summed E-state index contributed by atoms with van der Waals surface area (Å²) in [6, 6.07) is 6.59. The number of aromatic nitrogens is 1. The van der Waals surface area contributed by atoms with Crippen LogP contribution in [-0.2, 0) is 6.42 Å². The van der Waals surface area contributed by atoms with Crippen LogP contribution in [0.2, 0.25) is 0 Å². The van der Waals surface area contributed by atoms with E-state index in [1.165, 1.54) is 31.6 Å². The Labute approximate surface area is 111 Å². The molecule has 3 heteroatoms. The van der Waals surface area contributed by atoms with E-state index in [4.69, 9.17) is 0 Å². The third-order valence-electron chi connectivity index (χ3n) is 4.26. The molecule has 100 valence electrons. The quantitative estimate of drug-likeness (QED) is 0.863. The molecule has 1 aromatic heterocycles. The first-order valence-electron chi connectivity index (χ1n) is 6.97. The van der Waals surface area contributed by atoms with E-state index in [1.807, 2.05) is 12.3 Å². The lowest BCUT2D eigenvalue weighted by Gasteiger charge is -2.42. The SMILES string of the molecule is CNC(Cc1ccccn1)C(C)(C)N1CCCC1. The first-order valence-corrected chi connectivity index (χ1v) is 6.97. The summed E-state index contributed by atoms with van der Waals surface area (Å²) in [4.78, 5) is 7.06. The molecule has 3 nitrogen and oxygen atoms in total. The van der Waals surface area contributed by atoms with Gasteiger partial charge < -0.3 is 5.32 Å². The van der Waals surface area contributed by atoms with E-state index in [9.17, 15) is 0 Å². The van der Waals surface area contributed by atoms with E-state index in [2.05, 4.69) is 48.2 Å². The number of likely N-dealkylation sites (tertiary alicyclic amines) is 1. The molecule has 0 bridgehead atoms. The Kier molecular flexibility index (Phi) is 4.36. The molecular formula is C15H25N3. The van der Waals surface area contributed by atoms with Crippen molar-refractivity contribution in [2.24, 2.45) is 0 Å². The van der Waals surface area contributed by atoms with Crippen LogP contribution in [0.15, 0.2) is 24.4 Å². The van der Waals surface area contributed by atoms with Gasteiger partial charge in [-0.25, -0.2) is 0 Å². The van der Waals surface area contributed by atoms with Crippen molar-refractivity contribution in [3.63, 3.8) is 0 Å². The summed E-state index contributed by atoms with van der Waals surface area (Å²) in [6.07, 6.45) is 5.54. The van der Waals surface area contributed by atoms with Crippen molar-refractivity contribution in [1.82, 2.24) is 15.2 Å². The number of hydrogen-bond acceptors (Lipinski definition) is 3. The van der Waals surface area contributed by atoms with Gasteiger partial charge in [-0.05, 0) is 59.0 Å². The smallest absolute Gasteiger partial charge is 0.0419 e. The zero-order chi connectivity index (χ0) is 13.0. The van der Waals surface area contributed by atoms with E-state index in [-0.39, 0.29) is 5.54 Å². The van der Waals surface area contributed by atoms with Crippen LogP contribution in [0, 0.1) is 0 Å².